The van der Waals surface area contributed by atoms with Crippen LogP contribution in [0.1, 0.15) is 31.9 Å². The smallest absolute Gasteiger partial charge is 0.153 e. The predicted octanol–water partition coefficient (Wildman–Crippen LogP) is 3.46. The molecule has 3 rings (SSSR count). The van der Waals surface area contributed by atoms with Crippen LogP contribution in [0.4, 0.5) is 0 Å². The van der Waals surface area contributed by atoms with Crippen molar-refractivity contribution in [1.82, 2.24) is 0 Å². The third-order valence-corrected chi connectivity index (χ3v) is 4.05. The molecule has 0 saturated heterocycles. The average Bonchev–Trinajstić information content (AvgIpc) is 2.96. The summed E-state index contributed by atoms with van der Waals surface area (Å²) in [5, 5.41) is 0. The lowest BCUT2D eigenvalue weighted by atomic mass is 9.93. The molecule has 1 aromatic rings. The van der Waals surface area contributed by atoms with Crippen molar-refractivity contribution >= 4 is 0 Å². The van der Waals surface area contributed by atoms with Gasteiger partial charge in [-0.1, -0.05) is 37.3 Å². The Balaban J connectivity index is 1.98. The van der Waals surface area contributed by atoms with E-state index in [9.17, 15) is 0 Å². The van der Waals surface area contributed by atoms with Gasteiger partial charge in [-0.15, -0.1) is 0 Å². The molecule has 0 spiro atoms. The summed E-state index contributed by atoms with van der Waals surface area (Å²) in [7, 11) is 0. The van der Waals surface area contributed by atoms with Crippen molar-refractivity contribution in [2.45, 2.75) is 32.0 Å². The lowest BCUT2D eigenvalue weighted by Gasteiger charge is -2.33. The van der Waals surface area contributed by atoms with Gasteiger partial charge in [-0.2, -0.15) is 0 Å². The molecular weight excluding hydrogens is 212 g/mol. The van der Waals surface area contributed by atoms with Crippen molar-refractivity contribution in [3.63, 3.8) is 0 Å². The minimum Gasteiger partial charge on any atom is -0.491 e. The molecule has 17 heavy (non-hydrogen) atoms. The second-order valence-corrected chi connectivity index (χ2v) is 5.15. The quantitative estimate of drug-likeness (QED) is 0.791. The zero-order valence-electron chi connectivity index (χ0n) is 10.3. The van der Waals surface area contributed by atoms with Crippen LogP contribution >= 0.6 is 0 Å². The minimum absolute atomic E-state index is 0.0265. The second kappa shape index (κ2) is 3.61. The number of ether oxygens (including phenoxy) is 2. The van der Waals surface area contributed by atoms with Crippen molar-refractivity contribution < 1.29 is 9.47 Å². The van der Waals surface area contributed by atoms with Crippen LogP contribution in [-0.2, 0) is 9.47 Å². The molecule has 1 heterocycles. The molecule has 0 bridgehead atoms. The van der Waals surface area contributed by atoms with E-state index in [4.69, 9.17) is 9.47 Å². The van der Waals surface area contributed by atoms with E-state index in [1.54, 1.807) is 0 Å². The lowest BCUT2D eigenvalue weighted by Crippen LogP contribution is -2.33. The third kappa shape index (κ3) is 1.44. The molecule has 0 unspecified atom stereocenters. The van der Waals surface area contributed by atoms with E-state index in [0.29, 0.717) is 0 Å². The van der Waals surface area contributed by atoms with Gasteiger partial charge in [-0.25, -0.2) is 0 Å². The predicted molar refractivity (Wildman–Crippen MR) is 66.5 cm³/mol. The summed E-state index contributed by atoms with van der Waals surface area (Å²) in [4.78, 5) is 0. The molecule has 0 radical (unpaired) electrons. The number of rotatable bonds is 3. The maximum atomic E-state index is 6.04. The van der Waals surface area contributed by atoms with Gasteiger partial charge in [-0.3, -0.25) is 0 Å². The van der Waals surface area contributed by atoms with E-state index in [1.807, 2.05) is 19.3 Å². The fraction of sp³-hybridized carbons (Fsp3) is 0.467. The molecule has 1 saturated carbocycles. The Kier molecular flexibility index (Phi) is 2.30. The minimum atomic E-state index is -0.155. The van der Waals surface area contributed by atoms with Crippen LogP contribution in [0.2, 0.25) is 0 Å². The van der Waals surface area contributed by atoms with Crippen LogP contribution in [0.3, 0.4) is 0 Å². The van der Waals surface area contributed by atoms with Gasteiger partial charge in [0, 0.05) is 12.0 Å². The molecule has 90 valence electrons. The summed E-state index contributed by atoms with van der Waals surface area (Å²) in [5.74, 6) is 0. The number of hydrogen-bond acceptors (Lipinski definition) is 2. The van der Waals surface area contributed by atoms with E-state index in [-0.39, 0.29) is 17.1 Å². The van der Waals surface area contributed by atoms with Crippen LogP contribution in [-0.4, -0.2) is 12.2 Å². The number of fused-ring (bicyclic) bond motifs is 1. The van der Waals surface area contributed by atoms with Gasteiger partial charge in [0.05, 0.1) is 6.26 Å². The Morgan fingerprint density at radius 2 is 2.12 bits per heavy atom. The first-order chi connectivity index (χ1) is 8.22. The van der Waals surface area contributed by atoms with Gasteiger partial charge in [0.2, 0.25) is 0 Å². The highest BCUT2D eigenvalue weighted by molar-refractivity contribution is 5.35. The number of hydrogen-bond donors (Lipinski definition) is 0. The first-order valence-corrected chi connectivity index (χ1v) is 6.24. The maximum absolute atomic E-state index is 6.04. The van der Waals surface area contributed by atoms with Gasteiger partial charge >= 0.3 is 0 Å². The standard InChI is InChI=1S/C15H18O2/c1-3-17-15-11-14(15,2)9-10-16-13(15)12-7-5-4-6-8-12/h4-10,13H,3,11H2,1-2H3/t13-,14+,15-/m1/s1. The van der Waals surface area contributed by atoms with E-state index < -0.39 is 0 Å². The third-order valence-electron chi connectivity index (χ3n) is 4.05. The molecule has 1 aliphatic carbocycles. The molecule has 2 aliphatic rings. The lowest BCUT2D eigenvalue weighted by molar-refractivity contribution is -0.0861. The first-order valence-electron chi connectivity index (χ1n) is 6.24. The summed E-state index contributed by atoms with van der Waals surface area (Å²) in [6.07, 6.45) is 5.05. The van der Waals surface area contributed by atoms with Gasteiger partial charge in [0.15, 0.2) is 6.10 Å². The topological polar surface area (TPSA) is 18.5 Å². The van der Waals surface area contributed by atoms with Crippen LogP contribution in [0.15, 0.2) is 42.7 Å². The summed E-state index contributed by atoms with van der Waals surface area (Å²) in [6, 6.07) is 10.4. The highest BCUT2D eigenvalue weighted by atomic mass is 16.6. The van der Waals surface area contributed by atoms with E-state index in [1.165, 1.54) is 5.56 Å². The highest BCUT2D eigenvalue weighted by Crippen LogP contribution is 2.68. The monoisotopic (exact) mass is 230 g/mol. The fourth-order valence-electron chi connectivity index (χ4n) is 3.00. The highest BCUT2D eigenvalue weighted by Gasteiger charge is 2.71. The molecule has 1 aromatic carbocycles. The Bertz CT molecular complexity index is 439. The Hall–Kier alpha value is -1.28. The number of benzene rings is 1. The first kappa shape index (κ1) is 10.8. The SMILES string of the molecule is CCO[C@@]12C[C@]1(C)C=CO[C@@H]2c1ccccc1. The maximum Gasteiger partial charge on any atom is 0.153 e. The molecule has 2 nitrogen and oxygen atoms in total. The fourth-order valence-corrected chi connectivity index (χ4v) is 3.00. The molecular formula is C15H18O2. The normalized spacial score (nSPS) is 38.4. The van der Waals surface area contributed by atoms with Crippen molar-refractivity contribution in [1.29, 1.82) is 0 Å². The molecule has 0 amide bonds. The van der Waals surface area contributed by atoms with Crippen molar-refractivity contribution in [2.24, 2.45) is 5.41 Å². The Labute approximate surface area is 102 Å². The van der Waals surface area contributed by atoms with E-state index >= 15 is 0 Å². The second-order valence-electron chi connectivity index (χ2n) is 5.15. The molecule has 1 fully saturated rings. The van der Waals surface area contributed by atoms with Crippen LogP contribution in [0, 0.1) is 5.41 Å². The molecule has 2 heteroatoms. The van der Waals surface area contributed by atoms with Crippen molar-refractivity contribution in [3.8, 4) is 0 Å². The van der Waals surface area contributed by atoms with Gasteiger partial charge < -0.3 is 9.47 Å². The van der Waals surface area contributed by atoms with Gasteiger partial charge in [-0.05, 0) is 25.0 Å². The molecule has 1 aliphatic heterocycles. The molecule has 0 aromatic heterocycles. The zero-order valence-corrected chi connectivity index (χ0v) is 10.3. The molecule has 3 atom stereocenters. The summed E-state index contributed by atoms with van der Waals surface area (Å²) in [6.45, 7) is 5.03. The zero-order chi connectivity index (χ0) is 11.9. The van der Waals surface area contributed by atoms with Crippen LogP contribution in [0.5, 0.6) is 0 Å². The van der Waals surface area contributed by atoms with Crippen molar-refractivity contribution in [3.05, 3.63) is 48.2 Å². The van der Waals surface area contributed by atoms with Gasteiger partial charge in [0.25, 0.3) is 0 Å². The summed E-state index contributed by atoms with van der Waals surface area (Å²) in [5.41, 5.74) is 1.19. The van der Waals surface area contributed by atoms with E-state index in [0.717, 1.165) is 13.0 Å². The Morgan fingerprint density at radius 3 is 2.82 bits per heavy atom. The van der Waals surface area contributed by atoms with Gasteiger partial charge in [0.1, 0.15) is 5.60 Å². The van der Waals surface area contributed by atoms with Crippen molar-refractivity contribution in [2.75, 3.05) is 6.61 Å². The van der Waals surface area contributed by atoms with Crippen LogP contribution in [0.25, 0.3) is 0 Å². The Morgan fingerprint density at radius 1 is 1.35 bits per heavy atom. The molecule has 0 N–H and O–H groups in total. The largest absolute Gasteiger partial charge is 0.491 e. The summed E-state index contributed by atoms with van der Waals surface area (Å²) < 4.78 is 11.9. The summed E-state index contributed by atoms with van der Waals surface area (Å²) >= 11 is 0. The average molecular weight is 230 g/mol. The van der Waals surface area contributed by atoms with E-state index in [2.05, 4.69) is 37.3 Å². The van der Waals surface area contributed by atoms with Crippen LogP contribution < -0.4 is 0 Å².